The number of thiocarbonyl (C=S) groups is 1. The van der Waals surface area contributed by atoms with Crippen molar-refractivity contribution < 1.29 is 9.47 Å². The van der Waals surface area contributed by atoms with Crippen LogP contribution in [-0.4, -0.2) is 18.2 Å². The summed E-state index contributed by atoms with van der Waals surface area (Å²) in [7, 11) is 1.62. The lowest BCUT2D eigenvalue weighted by Gasteiger charge is -2.16. The summed E-state index contributed by atoms with van der Waals surface area (Å²) in [5.74, 6) is 1.45. The number of aryl methyl sites for hydroxylation is 1. The molecule has 4 heteroatoms. The third kappa shape index (κ3) is 3.70. The fourth-order valence-electron chi connectivity index (χ4n) is 1.41. The molecule has 1 aromatic carbocycles. The minimum absolute atomic E-state index is 0.0471. The molecule has 0 spiro atoms. The van der Waals surface area contributed by atoms with E-state index < -0.39 is 0 Å². The third-order valence-corrected chi connectivity index (χ3v) is 2.30. The molecule has 0 aliphatic heterocycles. The molecule has 1 atom stereocenters. The highest BCUT2D eigenvalue weighted by atomic mass is 32.1. The van der Waals surface area contributed by atoms with E-state index in [2.05, 4.69) is 0 Å². The fraction of sp³-hybridized carbons (Fsp3) is 0.417. The Hall–Kier alpha value is -1.29. The average Bonchev–Trinajstić information content (AvgIpc) is 2.19. The molecule has 16 heavy (non-hydrogen) atoms. The van der Waals surface area contributed by atoms with E-state index in [4.69, 9.17) is 27.4 Å². The maximum Gasteiger partial charge on any atom is 0.161 e. The molecule has 1 unspecified atom stereocenters. The number of nitrogens with two attached hydrogens (primary N) is 1. The molecular formula is C12H17NO2S. The highest BCUT2D eigenvalue weighted by Gasteiger charge is 2.09. The molecule has 1 rings (SSSR count). The second kappa shape index (κ2) is 5.70. The maximum atomic E-state index is 5.71. The van der Waals surface area contributed by atoms with E-state index in [1.165, 1.54) is 0 Å². The van der Waals surface area contributed by atoms with Crippen LogP contribution >= 0.6 is 12.2 Å². The number of ether oxygens (including phenoxy) is 2. The first-order valence-corrected chi connectivity index (χ1v) is 5.53. The molecule has 0 aliphatic rings. The van der Waals surface area contributed by atoms with Gasteiger partial charge in [-0.3, -0.25) is 0 Å². The maximum absolute atomic E-state index is 5.71. The Morgan fingerprint density at radius 1 is 1.44 bits per heavy atom. The van der Waals surface area contributed by atoms with Crippen LogP contribution in [0.25, 0.3) is 0 Å². The Balaban J connectivity index is 2.76. The summed E-state index contributed by atoms with van der Waals surface area (Å²) in [5, 5.41) is 0. The van der Waals surface area contributed by atoms with Crippen molar-refractivity contribution in [3.63, 3.8) is 0 Å². The van der Waals surface area contributed by atoms with Crippen molar-refractivity contribution in [2.75, 3.05) is 7.11 Å². The monoisotopic (exact) mass is 239 g/mol. The lowest BCUT2D eigenvalue weighted by Crippen LogP contribution is -2.21. The van der Waals surface area contributed by atoms with Gasteiger partial charge in [0.2, 0.25) is 0 Å². The van der Waals surface area contributed by atoms with Crippen LogP contribution in [0.15, 0.2) is 18.2 Å². The lowest BCUT2D eigenvalue weighted by atomic mass is 10.2. The van der Waals surface area contributed by atoms with E-state index >= 15 is 0 Å². The summed E-state index contributed by atoms with van der Waals surface area (Å²) in [6, 6.07) is 5.80. The van der Waals surface area contributed by atoms with Crippen LogP contribution in [0.4, 0.5) is 0 Å². The van der Waals surface area contributed by atoms with Gasteiger partial charge in [-0.25, -0.2) is 0 Å². The summed E-state index contributed by atoms with van der Waals surface area (Å²) in [5.41, 5.74) is 6.59. The van der Waals surface area contributed by atoms with Gasteiger partial charge in [0.25, 0.3) is 0 Å². The van der Waals surface area contributed by atoms with Crippen molar-refractivity contribution >= 4 is 17.2 Å². The standard InChI is InChI=1S/C12H17NO2S/c1-8-4-5-10(11(6-8)14-3)15-9(2)7-12(13)16/h4-6,9H,7H2,1-3H3,(H2,13,16). The van der Waals surface area contributed by atoms with Gasteiger partial charge in [0.1, 0.15) is 6.10 Å². The van der Waals surface area contributed by atoms with Crippen LogP contribution in [0.1, 0.15) is 18.9 Å². The Bertz CT molecular complexity index is 379. The molecule has 0 fully saturated rings. The molecule has 88 valence electrons. The van der Waals surface area contributed by atoms with Crippen molar-refractivity contribution in [2.45, 2.75) is 26.4 Å². The summed E-state index contributed by atoms with van der Waals surface area (Å²) in [4.78, 5) is 0.457. The van der Waals surface area contributed by atoms with Gasteiger partial charge >= 0.3 is 0 Å². The highest BCUT2D eigenvalue weighted by Crippen LogP contribution is 2.28. The number of methoxy groups -OCH3 is 1. The van der Waals surface area contributed by atoms with E-state index in [1.807, 2.05) is 32.0 Å². The summed E-state index contributed by atoms with van der Waals surface area (Å²) < 4.78 is 11.0. The molecule has 0 aromatic heterocycles. The van der Waals surface area contributed by atoms with Crippen LogP contribution in [-0.2, 0) is 0 Å². The molecule has 3 nitrogen and oxygen atoms in total. The Labute approximate surface area is 102 Å². The smallest absolute Gasteiger partial charge is 0.161 e. The first-order valence-electron chi connectivity index (χ1n) is 5.12. The number of benzene rings is 1. The quantitative estimate of drug-likeness (QED) is 0.802. The Kier molecular flexibility index (Phi) is 4.55. The number of hydrogen-bond donors (Lipinski definition) is 1. The lowest BCUT2D eigenvalue weighted by molar-refractivity contribution is 0.219. The predicted octanol–water partition coefficient (Wildman–Crippen LogP) is 2.45. The Morgan fingerprint density at radius 2 is 2.12 bits per heavy atom. The minimum atomic E-state index is -0.0471. The van der Waals surface area contributed by atoms with Gasteiger partial charge in [-0.2, -0.15) is 0 Å². The van der Waals surface area contributed by atoms with Gasteiger partial charge in [-0.1, -0.05) is 18.3 Å². The molecule has 0 bridgehead atoms. The molecule has 0 aliphatic carbocycles. The van der Waals surface area contributed by atoms with Crippen molar-refractivity contribution in [2.24, 2.45) is 5.73 Å². The normalized spacial score (nSPS) is 11.9. The van der Waals surface area contributed by atoms with Gasteiger partial charge in [0.15, 0.2) is 11.5 Å². The topological polar surface area (TPSA) is 44.5 Å². The van der Waals surface area contributed by atoms with Crippen LogP contribution in [0.2, 0.25) is 0 Å². The third-order valence-electron chi connectivity index (χ3n) is 2.14. The van der Waals surface area contributed by atoms with Crippen LogP contribution < -0.4 is 15.2 Å². The fourth-order valence-corrected chi connectivity index (χ4v) is 1.65. The van der Waals surface area contributed by atoms with E-state index in [-0.39, 0.29) is 6.10 Å². The largest absolute Gasteiger partial charge is 0.493 e. The molecular weight excluding hydrogens is 222 g/mol. The number of rotatable bonds is 5. The Morgan fingerprint density at radius 3 is 2.69 bits per heavy atom. The van der Waals surface area contributed by atoms with Crippen molar-refractivity contribution in [1.82, 2.24) is 0 Å². The first-order chi connectivity index (χ1) is 7.52. The van der Waals surface area contributed by atoms with Crippen molar-refractivity contribution in [1.29, 1.82) is 0 Å². The van der Waals surface area contributed by atoms with E-state index in [1.54, 1.807) is 7.11 Å². The van der Waals surface area contributed by atoms with Crippen LogP contribution in [0.3, 0.4) is 0 Å². The zero-order chi connectivity index (χ0) is 12.1. The van der Waals surface area contributed by atoms with Crippen molar-refractivity contribution in [3.05, 3.63) is 23.8 Å². The van der Waals surface area contributed by atoms with E-state index in [0.29, 0.717) is 11.4 Å². The van der Waals surface area contributed by atoms with Gasteiger partial charge in [0, 0.05) is 6.42 Å². The van der Waals surface area contributed by atoms with Crippen molar-refractivity contribution in [3.8, 4) is 11.5 Å². The zero-order valence-electron chi connectivity index (χ0n) is 9.82. The van der Waals surface area contributed by atoms with E-state index in [9.17, 15) is 0 Å². The number of hydrogen-bond acceptors (Lipinski definition) is 3. The first kappa shape index (κ1) is 12.8. The molecule has 0 saturated heterocycles. The van der Waals surface area contributed by atoms with E-state index in [0.717, 1.165) is 17.1 Å². The zero-order valence-corrected chi connectivity index (χ0v) is 10.6. The van der Waals surface area contributed by atoms with Crippen LogP contribution in [0, 0.1) is 6.92 Å². The molecule has 0 heterocycles. The van der Waals surface area contributed by atoms with Gasteiger partial charge in [-0.15, -0.1) is 0 Å². The second-order valence-electron chi connectivity index (χ2n) is 3.75. The highest BCUT2D eigenvalue weighted by molar-refractivity contribution is 7.80. The molecule has 0 saturated carbocycles. The van der Waals surface area contributed by atoms with Gasteiger partial charge in [0.05, 0.1) is 12.1 Å². The predicted molar refractivity (Wildman–Crippen MR) is 69.2 cm³/mol. The molecule has 1 aromatic rings. The van der Waals surface area contributed by atoms with Crippen LogP contribution in [0.5, 0.6) is 11.5 Å². The summed E-state index contributed by atoms with van der Waals surface area (Å²) in [6.07, 6.45) is 0.515. The molecule has 0 amide bonds. The minimum Gasteiger partial charge on any atom is -0.493 e. The summed E-state index contributed by atoms with van der Waals surface area (Å²) >= 11 is 4.84. The molecule has 0 radical (unpaired) electrons. The van der Waals surface area contributed by atoms with Gasteiger partial charge < -0.3 is 15.2 Å². The summed E-state index contributed by atoms with van der Waals surface area (Å²) in [6.45, 7) is 3.93. The second-order valence-corrected chi connectivity index (χ2v) is 4.28. The SMILES string of the molecule is COc1cc(C)ccc1OC(C)CC(N)=S. The molecule has 2 N–H and O–H groups in total. The average molecular weight is 239 g/mol. The van der Waals surface area contributed by atoms with Gasteiger partial charge in [-0.05, 0) is 31.5 Å².